The molecule has 2 aromatic carbocycles. The molecular weight excluding hydrogens is 333 g/mol. The predicted octanol–water partition coefficient (Wildman–Crippen LogP) is 3.38. The first kappa shape index (κ1) is 14.3. The molecule has 5 N–H and O–H groups in total. The lowest BCUT2D eigenvalue weighted by molar-refractivity contribution is 0.561. The van der Waals surface area contributed by atoms with Crippen molar-refractivity contribution in [1.29, 1.82) is 0 Å². The van der Waals surface area contributed by atoms with Crippen molar-refractivity contribution in [3.8, 4) is 0 Å². The first-order valence-electron chi connectivity index (χ1n) is 5.49. The van der Waals surface area contributed by atoms with Gasteiger partial charge in [-0.2, -0.15) is 0 Å². The summed E-state index contributed by atoms with van der Waals surface area (Å²) in [5, 5.41) is 0.333. The van der Waals surface area contributed by atoms with E-state index in [1.165, 1.54) is 6.07 Å². The van der Waals surface area contributed by atoms with Crippen LogP contribution in [0.1, 0.15) is 17.2 Å². The summed E-state index contributed by atoms with van der Waals surface area (Å²) in [7, 11) is 0. The Balaban J connectivity index is 2.52. The Kier molecular flexibility index (Phi) is 4.42. The maximum Gasteiger partial charge on any atom is 0.129 e. The molecule has 100 valence electrons. The van der Waals surface area contributed by atoms with E-state index in [2.05, 4.69) is 21.4 Å². The summed E-state index contributed by atoms with van der Waals surface area (Å²) in [5.74, 6) is 5.11. The highest BCUT2D eigenvalue weighted by molar-refractivity contribution is 9.10. The van der Waals surface area contributed by atoms with E-state index >= 15 is 0 Å². The number of halogens is 3. The summed E-state index contributed by atoms with van der Waals surface area (Å²) in [4.78, 5) is 0. The van der Waals surface area contributed by atoms with E-state index in [1.54, 1.807) is 24.3 Å². The molecule has 1 atom stereocenters. The molecule has 2 aromatic rings. The molecule has 0 aliphatic rings. The average Bonchev–Trinajstić information content (AvgIpc) is 2.36. The van der Waals surface area contributed by atoms with Gasteiger partial charge >= 0.3 is 0 Å². The van der Waals surface area contributed by atoms with Crippen LogP contribution in [0.25, 0.3) is 0 Å². The lowest BCUT2D eigenvalue weighted by Crippen LogP contribution is -2.30. The standard InChI is InChI=1S/C13H12BrClFN3/c14-7-1-4-12(17)10(5-7)13(19-18)9-3-2-8(15)6-11(9)16/h1-6,13,19H,17-18H2. The molecule has 0 amide bonds. The first-order valence-corrected chi connectivity index (χ1v) is 6.66. The Morgan fingerprint density at radius 2 is 1.89 bits per heavy atom. The lowest BCUT2D eigenvalue weighted by atomic mass is 9.97. The van der Waals surface area contributed by atoms with Gasteiger partial charge in [0.2, 0.25) is 0 Å². The van der Waals surface area contributed by atoms with Crippen molar-refractivity contribution in [3.05, 3.63) is 62.8 Å². The second kappa shape index (κ2) is 5.88. The van der Waals surface area contributed by atoms with Gasteiger partial charge < -0.3 is 5.73 Å². The summed E-state index contributed by atoms with van der Waals surface area (Å²) in [6.45, 7) is 0. The van der Waals surface area contributed by atoms with Gasteiger partial charge in [-0.05, 0) is 35.9 Å². The molecule has 0 bridgehead atoms. The minimum Gasteiger partial charge on any atom is -0.398 e. The molecular formula is C13H12BrClFN3. The van der Waals surface area contributed by atoms with E-state index in [0.717, 1.165) is 4.47 Å². The molecule has 0 aliphatic heterocycles. The summed E-state index contributed by atoms with van der Waals surface area (Å²) in [5.41, 5.74) is 10.1. The highest BCUT2D eigenvalue weighted by atomic mass is 79.9. The second-order valence-electron chi connectivity index (χ2n) is 4.04. The largest absolute Gasteiger partial charge is 0.398 e. The Labute approximate surface area is 123 Å². The van der Waals surface area contributed by atoms with Crippen LogP contribution >= 0.6 is 27.5 Å². The van der Waals surface area contributed by atoms with E-state index in [4.69, 9.17) is 23.2 Å². The monoisotopic (exact) mass is 343 g/mol. The van der Waals surface area contributed by atoms with E-state index < -0.39 is 11.9 Å². The molecule has 0 aliphatic carbocycles. The number of hydrogen-bond donors (Lipinski definition) is 3. The van der Waals surface area contributed by atoms with Gasteiger partial charge in [-0.1, -0.05) is 33.6 Å². The van der Waals surface area contributed by atoms with Gasteiger partial charge in [0.15, 0.2) is 0 Å². The van der Waals surface area contributed by atoms with E-state index in [9.17, 15) is 4.39 Å². The fourth-order valence-corrected chi connectivity index (χ4v) is 2.42. The molecule has 1 unspecified atom stereocenters. The molecule has 0 aromatic heterocycles. The van der Waals surface area contributed by atoms with Crippen molar-refractivity contribution in [3.63, 3.8) is 0 Å². The van der Waals surface area contributed by atoms with Gasteiger partial charge in [0.05, 0.1) is 6.04 Å². The van der Waals surface area contributed by atoms with Crippen LogP contribution in [0.5, 0.6) is 0 Å². The quantitative estimate of drug-likeness (QED) is 0.454. The zero-order chi connectivity index (χ0) is 14.0. The van der Waals surface area contributed by atoms with Crippen LogP contribution in [-0.2, 0) is 0 Å². The van der Waals surface area contributed by atoms with Gasteiger partial charge in [-0.25, -0.2) is 9.82 Å². The normalized spacial score (nSPS) is 12.4. The molecule has 19 heavy (non-hydrogen) atoms. The third-order valence-electron chi connectivity index (χ3n) is 2.80. The number of rotatable bonds is 3. The SMILES string of the molecule is NNC(c1cc(Br)ccc1N)c1ccc(Cl)cc1F. The number of benzene rings is 2. The van der Waals surface area contributed by atoms with Gasteiger partial charge in [0.1, 0.15) is 5.82 Å². The molecule has 0 spiro atoms. The molecule has 0 saturated carbocycles. The summed E-state index contributed by atoms with van der Waals surface area (Å²) in [6.07, 6.45) is 0. The van der Waals surface area contributed by atoms with Crippen LogP contribution in [0.3, 0.4) is 0 Å². The molecule has 0 radical (unpaired) electrons. The molecule has 0 saturated heterocycles. The first-order chi connectivity index (χ1) is 9.02. The Hall–Kier alpha value is -1.14. The van der Waals surface area contributed by atoms with Crippen LogP contribution in [0, 0.1) is 5.82 Å². The van der Waals surface area contributed by atoms with Crippen LogP contribution in [0.15, 0.2) is 40.9 Å². The minimum absolute atomic E-state index is 0.333. The Bertz CT molecular complexity index is 606. The maximum absolute atomic E-state index is 14.0. The number of hydrogen-bond acceptors (Lipinski definition) is 3. The predicted molar refractivity (Wildman–Crippen MR) is 79.1 cm³/mol. The fourth-order valence-electron chi connectivity index (χ4n) is 1.88. The number of nitrogens with one attached hydrogen (secondary N) is 1. The zero-order valence-corrected chi connectivity index (χ0v) is 12.2. The molecule has 3 nitrogen and oxygen atoms in total. The number of hydrazine groups is 1. The van der Waals surface area contributed by atoms with Crippen molar-refractivity contribution in [2.45, 2.75) is 6.04 Å². The smallest absolute Gasteiger partial charge is 0.129 e. The minimum atomic E-state index is -0.547. The Morgan fingerprint density at radius 3 is 2.53 bits per heavy atom. The summed E-state index contributed by atoms with van der Waals surface area (Å²) >= 11 is 9.10. The van der Waals surface area contributed by atoms with Gasteiger partial charge in [-0.15, -0.1) is 0 Å². The number of nitrogen functional groups attached to an aromatic ring is 1. The molecule has 0 heterocycles. The Morgan fingerprint density at radius 1 is 1.16 bits per heavy atom. The average molecular weight is 345 g/mol. The number of anilines is 1. The van der Waals surface area contributed by atoms with Crippen molar-refractivity contribution in [1.82, 2.24) is 5.43 Å². The fraction of sp³-hybridized carbons (Fsp3) is 0.0769. The van der Waals surface area contributed by atoms with Crippen molar-refractivity contribution in [2.24, 2.45) is 5.84 Å². The third-order valence-corrected chi connectivity index (χ3v) is 3.53. The zero-order valence-electron chi connectivity index (χ0n) is 9.83. The van der Waals surface area contributed by atoms with Crippen LogP contribution < -0.4 is 17.0 Å². The highest BCUT2D eigenvalue weighted by Crippen LogP contribution is 2.31. The van der Waals surface area contributed by atoms with E-state index in [0.29, 0.717) is 21.8 Å². The second-order valence-corrected chi connectivity index (χ2v) is 5.39. The van der Waals surface area contributed by atoms with Gasteiger partial charge in [-0.3, -0.25) is 5.84 Å². The third kappa shape index (κ3) is 3.06. The molecule has 6 heteroatoms. The van der Waals surface area contributed by atoms with Crippen molar-refractivity contribution < 1.29 is 4.39 Å². The van der Waals surface area contributed by atoms with E-state index in [1.807, 2.05) is 6.07 Å². The van der Waals surface area contributed by atoms with E-state index in [-0.39, 0.29) is 0 Å². The maximum atomic E-state index is 14.0. The topological polar surface area (TPSA) is 64.1 Å². The van der Waals surface area contributed by atoms with Gasteiger partial charge in [0.25, 0.3) is 0 Å². The summed E-state index contributed by atoms with van der Waals surface area (Å²) < 4.78 is 14.8. The molecule has 0 fully saturated rings. The highest BCUT2D eigenvalue weighted by Gasteiger charge is 2.19. The van der Waals surface area contributed by atoms with Crippen molar-refractivity contribution >= 4 is 33.2 Å². The van der Waals surface area contributed by atoms with Crippen molar-refractivity contribution in [2.75, 3.05) is 5.73 Å². The van der Waals surface area contributed by atoms with Crippen LogP contribution in [-0.4, -0.2) is 0 Å². The molecule has 2 rings (SSSR count). The van der Waals surface area contributed by atoms with Crippen LogP contribution in [0.2, 0.25) is 5.02 Å². The number of nitrogens with two attached hydrogens (primary N) is 2. The summed E-state index contributed by atoms with van der Waals surface area (Å²) in [6, 6.07) is 9.24. The van der Waals surface area contributed by atoms with Gasteiger partial charge in [0, 0.05) is 20.7 Å². The van der Waals surface area contributed by atoms with Crippen LogP contribution in [0.4, 0.5) is 10.1 Å². The lowest BCUT2D eigenvalue weighted by Gasteiger charge is -2.19.